The van der Waals surface area contributed by atoms with Crippen molar-refractivity contribution < 1.29 is 23.1 Å². The number of fused-ring (bicyclic) bond motifs is 1. The Morgan fingerprint density at radius 1 is 1.12 bits per heavy atom. The van der Waals surface area contributed by atoms with E-state index in [-0.39, 0.29) is 22.1 Å². The van der Waals surface area contributed by atoms with Crippen molar-refractivity contribution in [3.05, 3.63) is 68.9 Å². The third-order valence-corrected chi connectivity index (χ3v) is 6.55. The van der Waals surface area contributed by atoms with E-state index >= 15 is 0 Å². The van der Waals surface area contributed by atoms with E-state index in [4.69, 9.17) is 4.42 Å². The molecule has 6 nitrogen and oxygen atoms in total. The summed E-state index contributed by atoms with van der Waals surface area (Å²) in [5.41, 5.74) is 1.44. The fourth-order valence-corrected chi connectivity index (χ4v) is 4.39. The number of hydrogen-bond acceptors (Lipinski definition) is 5. The first-order valence-corrected chi connectivity index (χ1v) is 11.3. The van der Waals surface area contributed by atoms with Crippen LogP contribution in [0.15, 0.2) is 39.5 Å². The van der Waals surface area contributed by atoms with Gasteiger partial charge in [0.2, 0.25) is 0 Å². The second kappa shape index (κ2) is 8.74. The largest absolute Gasteiger partial charge is 0.478 e. The number of halogens is 2. The van der Waals surface area contributed by atoms with E-state index < -0.39 is 23.6 Å². The zero-order chi connectivity index (χ0) is 24.8. The Bertz CT molecular complexity index is 1320. The normalized spacial score (nSPS) is 16.5. The van der Waals surface area contributed by atoms with Crippen LogP contribution < -0.4 is 15.6 Å². The number of carboxylic acids is 1. The Morgan fingerprint density at radius 3 is 2.41 bits per heavy atom. The molecule has 0 amide bonds. The predicted molar refractivity (Wildman–Crippen MR) is 128 cm³/mol. The first-order chi connectivity index (χ1) is 15.9. The zero-order valence-corrected chi connectivity index (χ0v) is 19.7. The average molecular weight is 471 g/mol. The number of piperidine rings is 1. The zero-order valence-electron chi connectivity index (χ0n) is 19.7. The third-order valence-electron chi connectivity index (χ3n) is 6.55. The number of nitrogens with one attached hydrogen (secondary N) is 1. The van der Waals surface area contributed by atoms with E-state index in [1.807, 2.05) is 13.0 Å². The molecule has 0 bridgehead atoms. The molecule has 1 unspecified atom stereocenters. The lowest BCUT2D eigenvalue weighted by atomic mass is 9.83. The van der Waals surface area contributed by atoms with Crippen LogP contribution in [0.2, 0.25) is 0 Å². The molecule has 4 rings (SSSR count). The van der Waals surface area contributed by atoms with E-state index in [1.165, 1.54) is 6.07 Å². The van der Waals surface area contributed by atoms with Crippen molar-refractivity contribution in [1.82, 2.24) is 0 Å². The maximum atomic E-state index is 13.9. The topological polar surface area (TPSA) is 82.8 Å². The lowest BCUT2D eigenvalue weighted by Gasteiger charge is -2.37. The summed E-state index contributed by atoms with van der Waals surface area (Å²) in [6.45, 7) is 9.57. The minimum Gasteiger partial charge on any atom is -0.478 e. The van der Waals surface area contributed by atoms with Crippen LogP contribution in [-0.4, -0.2) is 24.2 Å². The number of aryl methyl sites for hydroxylation is 1. The van der Waals surface area contributed by atoms with Gasteiger partial charge in [-0.3, -0.25) is 4.79 Å². The Balaban J connectivity index is 1.77. The van der Waals surface area contributed by atoms with E-state index in [0.717, 1.165) is 37.6 Å². The number of nitrogens with zero attached hydrogens (tertiary/aromatic N) is 1. The van der Waals surface area contributed by atoms with Crippen molar-refractivity contribution >= 4 is 28.5 Å². The average Bonchev–Trinajstić information content (AvgIpc) is 2.75. The molecule has 1 aromatic heterocycles. The number of aromatic carboxylic acids is 1. The quantitative estimate of drug-likeness (QED) is 0.485. The summed E-state index contributed by atoms with van der Waals surface area (Å²) in [5.74, 6) is -3.29. The molecule has 3 aromatic rings. The van der Waals surface area contributed by atoms with Crippen LogP contribution in [0.5, 0.6) is 0 Å². The Labute approximate surface area is 196 Å². The molecule has 2 N–H and O–H groups in total. The molecule has 0 aliphatic carbocycles. The predicted octanol–water partition coefficient (Wildman–Crippen LogP) is 5.88. The van der Waals surface area contributed by atoms with Gasteiger partial charge in [0, 0.05) is 30.8 Å². The molecule has 1 saturated heterocycles. The molecule has 0 radical (unpaired) electrons. The van der Waals surface area contributed by atoms with Crippen molar-refractivity contribution in [1.29, 1.82) is 0 Å². The Kier molecular flexibility index (Phi) is 6.10. The molecule has 2 heterocycles. The number of hydrogen-bond donors (Lipinski definition) is 2. The summed E-state index contributed by atoms with van der Waals surface area (Å²) in [6, 6.07) is 6.01. The molecule has 0 saturated carbocycles. The minimum absolute atomic E-state index is 0.0645. The van der Waals surface area contributed by atoms with Crippen molar-refractivity contribution in [3.63, 3.8) is 0 Å². The van der Waals surface area contributed by atoms with E-state index in [1.54, 1.807) is 13.0 Å². The second-order valence-electron chi connectivity index (χ2n) is 9.81. The number of benzene rings is 2. The van der Waals surface area contributed by atoms with E-state index in [9.17, 15) is 23.5 Å². The fourth-order valence-electron chi connectivity index (χ4n) is 4.39. The highest BCUT2D eigenvalue weighted by molar-refractivity contribution is 5.94. The molecular formula is C26H28F2N2O4. The van der Waals surface area contributed by atoms with Gasteiger partial charge in [-0.05, 0) is 49.8 Å². The van der Waals surface area contributed by atoms with Gasteiger partial charge in [0.05, 0.1) is 22.7 Å². The first-order valence-electron chi connectivity index (χ1n) is 11.3. The minimum atomic E-state index is -1.38. The standard InChI is InChI=1S/C26H28F2N2O4/c1-14-9-16(15(2)29-21-12-20(28)19(27)11-17(21)25(32)33)24-18(10-14)22(31)13-23(34-24)30-7-5-26(3,4)6-8-30/h9-13,15,29H,5-8H2,1-4H3,(H,32,33). The van der Waals surface area contributed by atoms with Gasteiger partial charge in [0.25, 0.3) is 0 Å². The molecule has 1 fully saturated rings. The monoisotopic (exact) mass is 470 g/mol. The van der Waals surface area contributed by atoms with Gasteiger partial charge in [0.1, 0.15) is 5.58 Å². The summed E-state index contributed by atoms with van der Waals surface area (Å²) < 4.78 is 33.8. The summed E-state index contributed by atoms with van der Waals surface area (Å²) in [5, 5.41) is 12.8. The van der Waals surface area contributed by atoms with Gasteiger partial charge in [0.15, 0.2) is 22.9 Å². The van der Waals surface area contributed by atoms with Crippen molar-refractivity contribution in [3.8, 4) is 0 Å². The second-order valence-corrected chi connectivity index (χ2v) is 9.81. The summed E-state index contributed by atoms with van der Waals surface area (Å²) in [4.78, 5) is 26.7. The number of carbonyl (C=O) groups is 1. The highest BCUT2D eigenvalue weighted by Gasteiger charge is 2.27. The number of carboxylic acid groups (broad SMARTS) is 1. The molecule has 0 spiro atoms. The number of anilines is 2. The van der Waals surface area contributed by atoms with Gasteiger partial charge in [-0.1, -0.05) is 19.9 Å². The summed E-state index contributed by atoms with van der Waals surface area (Å²) in [6.07, 6.45) is 1.95. The molecule has 2 aromatic carbocycles. The van der Waals surface area contributed by atoms with Gasteiger partial charge in [-0.25, -0.2) is 13.6 Å². The van der Waals surface area contributed by atoms with Crippen molar-refractivity contribution in [2.24, 2.45) is 5.41 Å². The van der Waals surface area contributed by atoms with Crippen LogP contribution >= 0.6 is 0 Å². The van der Waals surface area contributed by atoms with Crippen LogP contribution in [-0.2, 0) is 0 Å². The lowest BCUT2D eigenvalue weighted by molar-refractivity contribution is 0.0697. The van der Waals surface area contributed by atoms with Crippen LogP contribution in [0.4, 0.5) is 20.4 Å². The Morgan fingerprint density at radius 2 is 1.76 bits per heavy atom. The van der Waals surface area contributed by atoms with Gasteiger partial charge in [-0.2, -0.15) is 0 Å². The molecule has 34 heavy (non-hydrogen) atoms. The SMILES string of the molecule is Cc1cc(C(C)Nc2cc(F)c(F)cc2C(=O)O)c2oc(N3CCC(C)(C)CC3)cc(=O)c2c1. The summed E-state index contributed by atoms with van der Waals surface area (Å²) in [7, 11) is 0. The molecule has 1 aliphatic rings. The van der Waals surface area contributed by atoms with Crippen LogP contribution in [0.1, 0.15) is 61.1 Å². The van der Waals surface area contributed by atoms with Gasteiger partial charge in [-0.15, -0.1) is 0 Å². The maximum absolute atomic E-state index is 13.9. The summed E-state index contributed by atoms with van der Waals surface area (Å²) >= 11 is 0. The van der Waals surface area contributed by atoms with E-state index in [0.29, 0.717) is 28.5 Å². The smallest absolute Gasteiger partial charge is 0.337 e. The maximum Gasteiger partial charge on any atom is 0.337 e. The highest BCUT2D eigenvalue weighted by atomic mass is 19.2. The van der Waals surface area contributed by atoms with Crippen LogP contribution in [0.3, 0.4) is 0 Å². The molecule has 180 valence electrons. The molecule has 1 aliphatic heterocycles. The van der Waals surface area contributed by atoms with Gasteiger partial charge < -0.3 is 19.7 Å². The molecule has 8 heteroatoms. The highest BCUT2D eigenvalue weighted by Crippen LogP contribution is 2.35. The van der Waals surface area contributed by atoms with Crippen LogP contribution in [0.25, 0.3) is 11.0 Å². The van der Waals surface area contributed by atoms with Crippen molar-refractivity contribution in [2.45, 2.75) is 46.6 Å². The van der Waals surface area contributed by atoms with E-state index in [2.05, 4.69) is 24.1 Å². The van der Waals surface area contributed by atoms with Crippen LogP contribution in [0, 0.1) is 24.0 Å². The molecule has 1 atom stereocenters. The fraction of sp³-hybridized carbons (Fsp3) is 0.385. The van der Waals surface area contributed by atoms with Gasteiger partial charge >= 0.3 is 5.97 Å². The molecular weight excluding hydrogens is 442 g/mol. The lowest BCUT2D eigenvalue weighted by Crippen LogP contribution is -2.37. The number of rotatable bonds is 5. The van der Waals surface area contributed by atoms with Crippen molar-refractivity contribution in [2.75, 3.05) is 23.3 Å². The third kappa shape index (κ3) is 4.62. The first kappa shape index (κ1) is 23.7. The Hall–Kier alpha value is -3.42.